The van der Waals surface area contributed by atoms with E-state index in [1.165, 1.54) is 24.6 Å². The molecular formula is C24H25N5O2S. The summed E-state index contributed by atoms with van der Waals surface area (Å²) in [6.45, 7) is 0.495. The Labute approximate surface area is 190 Å². The minimum Gasteiger partial charge on any atom is -0.497 e. The highest BCUT2D eigenvalue weighted by Gasteiger charge is 2.27. The molecule has 1 amide bonds. The Hall–Kier alpha value is -3.26. The Morgan fingerprint density at radius 3 is 2.81 bits per heavy atom. The van der Waals surface area contributed by atoms with E-state index < -0.39 is 0 Å². The van der Waals surface area contributed by atoms with E-state index >= 15 is 0 Å². The van der Waals surface area contributed by atoms with Gasteiger partial charge in [0.15, 0.2) is 0 Å². The van der Waals surface area contributed by atoms with E-state index in [1.54, 1.807) is 7.11 Å². The van der Waals surface area contributed by atoms with Crippen molar-refractivity contribution in [3.05, 3.63) is 71.7 Å². The summed E-state index contributed by atoms with van der Waals surface area (Å²) in [6.07, 6.45) is 4.37. The number of nitrogens with one attached hydrogen (secondary N) is 3. The normalized spacial score (nSPS) is 14.4. The second kappa shape index (κ2) is 9.08. The summed E-state index contributed by atoms with van der Waals surface area (Å²) in [4.78, 5) is 20.4. The van der Waals surface area contributed by atoms with E-state index in [0.717, 1.165) is 33.6 Å². The molecule has 2 aromatic heterocycles. The zero-order chi connectivity index (χ0) is 21.9. The fourth-order valence-corrected chi connectivity index (χ4v) is 4.52. The Bertz CT molecular complexity index is 1210. The number of nitrogens with zero attached hydrogens (tertiary/aromatic N) is 2. The van der Waals surface area contributed by atoms with E-state index in [1.807, 2.05) is 30.5 Å². The average Bonchev–Trinajstić information content (AvgIpc) is 3.42. The molecule has 3 N–H and O–H groups in total. The lowest BCUT2D eigenvalue weighted by atomic mass is 9.91. The molecule has 8 heteroatoms. The van der Waals surface area contributed by atoms with Gasteiger partial charge < -0.3 is 15.0 Å². The summed E-state index contributed by atoms with van der Waals surface area (Å²) >= 11 is 1.36. The molecule has 2 aromatic carbocycles. The van der Waals surface area contributed by atoms with Crippen LogP contribution in [0, 0.1) is 0 Å². The van der Waals surface area contributed by atoms with Crippen molar-refractivity contribution in [2.45, 2.75) is 29.8 Å². The van der Waals surface area contributed by atoms with Crippen LogP contribution in [-0.2, 0) is 4.79 Å². The van der Waals surface area contributed by atoms with Crippen molar-refractivity contribution < 1.29 is 9.53 Å². The van der Waals surface area contributed by atoms with Crippen molar-refractivity contribution in [3.8, 4) is 5.75 Å². The number of hydrogen-bond donors (Lipinski definition) is 3. The van der Waals surface area contributed by atoms with E-state index in [0.29, 0.717) is 17.6 Å². The van der Waals surface area contributed by atoms with E-state index in [4.69, 9.17) is 4.74 Å². The van der Waals surface area contributed by atoms with Crippen molar-refractivity contribution in [3.63, 3.8) is 0 Å². The second-order valence-corrected chi connectivity index (χ2v) is 8.93. The van der Waals surface area contributed by atoms with Crippen molar-refractivity contribution in [1.29, 1.82) is 0 Å². The molecule has 1 atom stereocenters. The third kappa shape index (κ3) is 4.50. The van der Waals surface area contributed by atoms with Gasteiger partial charge in [0.05, 0.1) is 12.9 Å². The molecule has 1 fully saturated rings. The molecule has 0 unspecified atom stereocenters. The summed E-state index contributed by atoms with van der Waals surface area (Å²) < 4.78 is 5.31. The second-order valence-electron chi connectivity index (χ2n) is 7.99. The summed E-state index contributed by atoms with van der Waals surface area (Å²) in [5.74, 6) is 2.52. The number of hydrogen-bond acceptors (Lipinski definition) is 5. The van der Waals surface area contributed by atoms with Crippen LogP contribution in [0.3, 0.4) is 0 Å². The first-order valence-corrected chi connectivity index (χ1v) is 11.7. The van der Waals surface area contributed by atoms with Crippen LogP contribution in [0.5, 0.6) is 5.75 Å². The standard InChI is InChI=1S/C24H25N5O2S/c1-31-17-10-8-15(9-11-17)19(20-13-25-21-5-3-2-4-18(20)21)12-26-22(30)14-32-24-27-23(28-29-24)16-6-7-16/h2-5,8-11,13,16,19,25H,6-7,12,14H2,1H3,(H,26,30)(H,27,28,29)/t19-/m0/s1. The van der Waals surface area contributed by atoms with Gasteiger partial charge in [-0.2, -0.15) is 0 Å². The monoisotopic (exact) mass is 447 g/mol. The van der Waals surface area contributed by atoms with Gasteiger partial charge in [0.1, 0.15) is 11.6 Å². The molecule has 0 saturated heterocycles. The fourth-order valence-electron chi connectivity index (χ4n) is 3.88. The lowest BCUT2D eigenvalue weighted by molar-refractivity contribution is -0.118. The lowest BCUT2D eigenvalue weighted by Crippen LogP contribution is -2.30. The Morgan fingerprint density at radius 2 is 2.03 bits per heavy atom. The third-order valence-electron chi connectivity index (χ3n) is 5.80. The van der Waals surface area contributed by atoms with Crippen LogP contribution in [0.2, 0.25) is 0 Å². The number of aromatic amines is 2. The number of methoxy groups -OCH3 is 1. The number of ether oxygens (including phenoxy) is 1. The van der Waals surface area contributed by atoms with Gasteiger partial charge in [0.2, 0.25) is 11.1 Å². The SMILES string of the molecule is COc1ccc([C@H](CNC(=O)CSc2n[nH]c(C3CC3)n2)c2c[nH]c3ccccc23)cc1. The number of carbonyl (C=O) groups excluding carboxylic acids is 1. The average molecular weight is 448 g/mol. The number of para-hydroxylation sites is 1. The first-order chi connectivity index (χ1) is 15.7. The van der Waals surface area contributed by atoms with Crippen molar-refractivity contribution in [2.24, 2.45) is 0 Å². The number of thioether (sulfide) groups is 1. The first-order valence-electron chi connectivity index (χ1n) is 10.7. The molecule has 2 heterocycles. The maximum Gasteiger partial charge on any atom is 0.230 e. The summed E-state index contributed by atoms with van der Waals surface area (Å²) in [7, 11) is 1.66. The Morgan fingerprint density at radius 1 is 1.22 bits per heavy atom. The van der Waals surface area contributed by atoms with Gasteiger partial charge in [-0.3, -0.25) is 9.89 Å². The molecule has 0 aliphatic heterocycles. The maximum absolute atomic E-state index is 12.6. The highest BCUT2D eigenvalue weighted by Crippen LogP contribution is 2.38. The predicted molar refractivity (Wildman–Crippen MR) is 125 cm³/mol. The molecule has 5 rings (SSSR count). The molecule has 1 aliphatic carbocycles. The highest BCUT2D eigenvalue weighted by atomic mass is 32.2. The number of amides is 1. The number of benzene rings is 2. The molecule has 0 radical (unpaired) electrons. The van der Waals surface area contributed by atoms with Gasteiger partial charge in [-0.15, -0.1) is 5.10 Å². The number of rotatable bonds is 9. The number of aromatic nitrogens is 4. The van der Waals surface area contributed by atoms with Crippen LogP contribution in [0.25, 0.3) is 10.9 Å². The highest BCUT2D eigenvalue weighted by molar-refractivity contribution is 7.99. The maximum atomic E-state index is 12.6. The molecule has 0 spiro atoms. The quantitative estimate of drug-likeness (QED) is 0.334. The summed E-state index contributed by atoms with van der Waals surface area (Å²) in [5.41, 5.74) is 3.35. The fraction of sp³-hybridized carbons (Fsp3) is 0.292. The van der Waals surface area contributed by atoms with Gasteiger partial charge in [0.25, 0.3) is 0 Å². The van der Waals surface area contributed by atoms with Crippen LogP contribution < -0.4 is 10.1 Å². The molecule has 164 valence electrons. The molecular weight excluding hydrogens is 422 g/mol. The number of fused-ring (bicyclic) bond motifs is 1. The van der Waals surface area contributed by atoms with Crippen LogP contribution in [0.15, 0.2) is 59.9 Å². The van der Waals surface area contributed by atoms with Gasteiger partial charge in [-0.1, -0.05) is 42.1 Å². The molecule has 0 bridgehead atoms. The molecule has 32 heavy (non-hydrogen) atoms. The third-order valence-corrected chi connectivity index (χ3v) is 6.64. The van der Waals surface area contributed by atoms with Crippen LogP contribution >= 0.6 is 11.8 Å². The molecule has 4 aromatic rings. The minimum absolute atomic E-state index is 0.0102. The van der Waals surface area contributed by atoms with Crippen LogP contribution in [0.1, 0.15) is 41.6 Å². The molecule has 1 saturated carbocycles. The van der Waals surface area contributed by atoms with Gasteiger partial charge in [0, 0.05) is 35.5 Å². The predicted octanol–water partition coefficient (Wildman–Crippen LogP) is 4.21. The zero-order valence-electron chi connectivity index (χ0n) is 17.8. The largest absolute Gasteiger partial charge is 0.497 e. The van der Waals surface area contributed by atoms with Gasteiger partial charge in [-0.25, -0.2) is 4.98 Å². The van der Waals surface area contributed by atoms with E-state index in [2.05, 4.69) is 49.7 Å². The van der Waals surface area contributed by atoms with E-state index in [9.17, 15) is 4.79 Å². The van der Waals surface area contributed by atoms with Crippen LogP contribution in [-0.4, -0.2) is 45.5 Å². The van der Waals surface area contributed by atoms with Crippen molar-refractivity contribution in [1.82, 2.24) is 25.5 Å². The molecule has 1 aliphatic rings. The lowest BCUT2D eigenvalue weighted by Gasteiger charge is -2.18. The minimum atomic E-state index is -0.0360. The number of carbonyl (C=O) groups is 1. The van der Waals surface area contributed by atoms with Gasteiger partial charge in [-0.05, 0) is 42.2 Å². The summed E-state index contributed by atoms with van der Waals surface area (Å²) in [5, 5.41) is 12.1. The molecule has 7 nitrogen and oxygen atoms in total. The zero-order valence-corrected chi connectivity index (χ0v) is 18.6. The first kappa shape index (κ1) is 20.6. The summed E-state index contributed by atoms with van der Waals surface area (Å²) in [6, 6.07) is 16.2. The Kier molecular flexibility index (Phi) is 5.85. The van der Waals surface area contributed by atoms with Crippen LogP contribution in [0.4, 0.5) is 0 Å². The van der Waals surface area contributed by atoms with Crippen molar-refractivity contribution in [2.75, 3.05) is 19.4 Å². The van der Waals surface area contributed by atoms with E-state index in [-0.39, 0.29) is 17.6 Å². The smallest absolute Gasteiger partial charge is 0.230 e. The number of H-pyrrole nitrogens is 2. The van der Waals surface area contributed by atoms with Gasteiger partial charge >= 0.3 is 0 Å². The van der Waals surface area contributed by atoms with Crippen molar-refractivity contribution >= 4 is 28.6 Å². The topological polar surface area (TPSA) is 95.7 Å². The Balaban J connectivity index is 1.29.